The summed E-state index contributed by atoms with van der Waals surface area (Å²) in [6.45, 7) is 4.20. The lowest BCUT2D eigenvalue weighted by Crippen LogP contribution is -2.27. The molecule has 0 fully saturated rings. The molecule has 0 atom stereocenters. The van der Waals surface area contributed by atoms with Crippen LogP contribution >= 0.6 is 0 Å². The van der Waals surface area contributed by atoms with E-state index in [1.54, 1.807) is 7.11 Å². The zero-order valence-corrected chi connectivity index (χ0v) is 10.1. The van der Waals surface area contributed by atoms with Crippen LogP contribution in [0.15, 0.2) is 12.1 Å². The average molecular weight is 234 g/mol. The number of methoxy groups -OCH3 is 1. The van der Waals surface area contributed by atoms with Gasteiger partial charge in [0, 0.05) is 5.56 Å². The molecule has 1 aromatic rings. The second kappa shape index (κ2) is 3.32. The Kier molecular flexibility index (Phi) is 2.02. The van der Waals surface area contributed by atoms with Gasteiger partial charge in [-0.1, -0.05) is 6.08 Å². The van der Waals surface area contributed by atoms with Crippen molar-refractivity contribution in [1.29, 1.82) is 0 Å². The van der Waals surface area contributed by atoms with E-state index in [2.05, 4.69) is 0 Å². The van der Waals surface area contributed by atoms with Gasteiger partial charge in [0.05, 0.1) is 7.11 Å². The van der Waals surface area contributed by atoms with Crippen LogP contribution in [0.1, 0.15) is 19.4 Å². The van der Waals surface area contributed by atoms with Gasteiger partial charge in [0.1, 0.15) is 5.60 Å². The number of hydrogen-bond donors (Lipinski definition) is 0. The molecule has 0 radical (unpaired) electrons. The molecule has 3 rings (SSSR count). The zero-order chi connectivity index (χ0) is 12.0. The van der Waals surface area contributed by atoms with Crippen molar-refractivity contribution in [2.45, 2.75) is 19.4 Å². The van der Waals surface area contributed by atoms with Crippen LogP contribution in [0.2, 0.25) is 0 Å². The van der Waals surface area contributed by atoms with Crippen LogP contribution in [0.25, 0.3) is 6.08 Å². The summed E-state index contributed by atoms with van der Waals surface area (Å²) >= 11 is 0. The van der Waals surface area contributed by atoms with Crippen LogP contribution < -0.4 is 18.9 Å². The Labute approximate surface area is 99.7 Å². The minimum atomic E-state index is -0.332. The Morgan fingerprint density at radius 2 is 1.94 bits per heavy atom. The second-order valence-corrected chi connectivity index (χ2v) is 4.60. The van der Waals surface area contributed by atoms with Crippen molar-refractivity contribution in [3.8, 4) is 23.0 Å². The number of rotatable bonds is 1. The molecule has 17 heavy (non-hydrogen) atoms. The number of hydrogen-bond acceptors (Lipinski definition) is 4. The monoisotopic (exact) mass is 234 g/mol. The molecule has 2 aliphatic rings. The number of fused-ring (bicyclic) bond motifs is 3. The Bertz CT molecular complexity index is 503. The highest BCUT2D eigenvalue weighted by Gasteiger charge is 2.31. The predicted molar refractivity (Wildman–Crippen MR) is 62.9 cm³/mol. The summed E-state index contributed by atoms with van der Waals surface area (Å²) in [5.41, 5.74) is 0.617. The van der Waals surface area contributed by atoms with Gasteiger partial charge in [-0.25, -0.2) is 0 Å². The highest BCUT2D eigenvalue weighted by atomic mass is 16.7. The summed E-state index contributed by atoms with van der Waals surface area (Å²) in [5, 5.41) is 0. The molecule has 2 heterocycles. The van der Waals surface area contributed by atoms with Gasteiger partial charge in [0.25, 0.3) is 0 Å². The molecular formula is C13H14O4. The molecule has 0 amide bonds. The maximum absolute atomic E-state index is 5.91. The van der Waals surface area contributed by atoms with E-state index in [0.29, 0.717) is 17.2 Å². The van der Waals surface area contributed by atoms with Crippen molar-refractivity contribution < 1.29 is 18.9 Å². The SMILES string of the molecule is COc1cc2c(c3c1OCO3)OC(C)(C)C=C2. The van der Waals surface area contributed by atoms with Crippen LogP contribution in [0.4, 0.5) is 0 Å². The molecule has 90 valence electrons. The van der Waals surface area contributed by atoms with Gasteiger partial charge >= 0.3 is 0 Å². The van der Waals surface area contributed by atoms with Crippen molar-refractivity contribution >= 4 is 6.08 Å². The van der Waals surface area contributed by atoms with Crippen LogP contribution in [-0.2, 0) is 0 Å². The molecule has 2 aliphatic heterocycles. The molecule has 0 spiro atoms. The highest BCUT2D eigenvalue weighted by molar-refractivity contribution is 5.73. The molecule has 0 saturated carbocycles. The van der Waals surface area contributed by atoms with E-state index in [1.165, 1.54) is 0 Å². The largest absolute Gasteiger partial charge is 0.493 e. The molecule has 0 bridgehead atoms. The third-order valence-electron chi connectivity index (χ3n) is 2.84. The van der Waals surface area contributed by atoms with Gasteiger partial charge < -0.3 is 18.9 Å². The third-order valence-corrected chi connectivity index (χ3v) is 2.84. The van der Waals surface area contributed by atoms with Crippen LogP contribution in [0.3, 0.4) is 0 Å². The maximum atomic E-state index is 5.91. The molecule has 1 aromatic carbocycles. The Hall–Kier alpha value is -1.84. The molecule has 4 nitrogen and oxygen atoms in total. The van der Waals surface area contributed by atoms with Gasteiger partial charge in [-0.05, 0) is 26.0 Å². The van der Waals surface area contributed by atoms with Crippen molar-refractivity contribution in [3.63, 3.8) is 0 Å². The summed E-state index contributed by atoms with van der Waals surface area (Å²) in [7, 11) is 1.61. The van der Waals surface area contributed by atoms with Crippen LogP contribution in [0.5, 0.6) is 23.0 Å². The second-order valence-electron chi connectivity index (χ2n) is 4.60. The lowest BCUT2D eigenvalue weighted by Gasteiger charge is -2.28. The van der Waals surface area contributed by atoms with Crippen molar-refractivity contribution in [2.75, 3.05) is 13.9 Å². The number of ether oxygens (including phenoxy) is 4. The van der Waals surface area contributed by atoms with Crippen LogP contribution in [0, 0.1) is 0 Å². The molecule has 0 saturated heterocycles. The summed E-state index contributed by atoms with van der Waals surface area (Å²) in [6, 6.07) is 1.90. The number of benzene rings is 1. The molecule has 0 aliphatic carbocycles. The fourth-order valence-electron chi connectivity index (χ4n) is 2.00. The first-order chi connectivity index (χ1) is 8.11. The van der Waals surface area contributed by atoms with E-state index in [1.807, 2.05) is 32.1 Å². The first-order valence-electron chi connectivity index (χ1n) is 5.49. The predicted octanol–water partition coefficient (Wildman–Crippen LogP) is 2.61. The van der Waals surface area contributed by atoms with Crippen molar-refractivity contribution in [2.24, 2.45) is 0 Å². The first kappa shape index (κ1) is 10.3. The topological polar surface area (TPSA) is 36.9 Å². The summed E-state index contributed by atoms with van der Waals surface area (Å²) in [5.74, 6) is 2.66. The fourth-order valence-corrected chi connectivity index (χ4v) is 2.00. The Morgan fingerprint density at radius 1 is 1.18 bits per heavy atom. The molecule has 4 heteroatoms. The van der Waals surface area contributed by atoms with Crippen LogP contribution in [-0.4, -0.2) is 19.5 Å². The van der Waals surface area contributed by atoms with E-state index >= 15 is 0 Å². The van der Waals surface area contributed by atoms with Crippen molar-refractivity contribution in [1.82, 2.24) is 0 Å². The van der Waals surface area contributed by atoms with Gasteiger partial charge in [0.15, 0.2) is 11.5 Å². The van der Waals surface area contributed by atoms with E-state index in [-0.39, 0.29) is 12.4 Å². The van der Waals surface area contributed by atoms with Gasteiger partial charge in [-0.2, -0.15) is 0 Å². The minimum absolute atomic E-state index is 0.204. The van der Waals surface area contributed by atoms with E-state index in [4.69, 9.17) is 18.9 Å². The smallest absolute Gasteiger partial charge is 0.231 e. The lowest BCUT2D eigenvalue weighted by atomic mass is 10.0. The molecule has 0 N–H and O–H groups in total. The van der Waals surface area contributed by atoms with Gasteiger partial charge in [-0.15, -0.1) is 0 Å². The molecule has 0 aromatic heterocycles. The Balaban J connectivity index is 2.20. The van der Waals surface area contributed by atoms with E-state index < -0.39 is 0 Å². The fraction of sp³-hybridized carbons (Fsp3) is 0.385. The zero-order valence-electron chi connectivity index (χ0n) is 10.1. The van der Waals surface area contributed by atoms with Gasteiger partial charge in [-0.3, -0.25) is 0 Å². The normalized spacial score (nSPS) is 18.5. The summed E-state index contributed by atoms with van der Waals surface area (Å²) in [4.78, 5) is 0. The highest BCUT2D eigenvalue weighted by Crippen LogP contribution is 2.52. The quantitative estimate of drug-likeness (QED) is 0.748. The van der Waals surface area contributed by atoms with E-state index in [9.17, 15) is 0 Å². The van der Waals surface area contributed by atoms with Crippen molar-refractivity contribution in [3.05, 3.63) is 17.7 Å². The maximum Gasteiger partial charge on any atom is 0.231 e. The molecular weight excluding hydrogens is 220 g/mol. The van der Waals surface area contributed by atoms with Gasteiger partial charge in [0.2, 0.25) is 18.3 Å². The summed E-state index contributed by atoms with van der Waals surface area (Å²) in [6.07, 6.45) is 4.03. The minimum Gasteiger partial charge on any atom is -0.493 e. The Morgan fingerprint density at radius 3 is 2.71 bits per heavy atom. The summed E-state index contributed by atoms with van der Waals surface area (Å²) < 4.78 is 22.1. The standard InChI is InChI=1S/C13H14O4/c1-13(2)5-4-8-6-9(14-3)11-12(10(8)17-13)16-7-15-11/h4-6H,7H2,1-3H3. The lowest BCUT2D eigenvalue weighted by molar-refractivity contribution is 0.140. The first-order valence-corrected chi connectivity index (χ1v) is 5.49. The molecule has 0 unspecified atom stereocenters. The van der Waals surface area contributed by atoms with E-state index in [0.717, 1.165) is 11.3 Å². The third kappa shape index (κ3) is 1.52. The average Bonchev–Trinajstić information content (AvgIpc) is 2.76.